The Morgan fingerprint density at radius 3 is 1.97 bits per heavy atom. The van der Waals surface area contributed by atoms with E-state index in [0.29, 0.717) is 0 Å². The van der Waals surface area contributed by atoms with Crippen molar-refractivity contribution in [1.82, 2.24) is 5.01 Å². The van der Waals surface area contributed by atoms with Gasteiger partial charge in [0.1, 0.15) is 11.5 Å². The molecule has 0 aliphatic carbocycles. The van der Waals surface area contributed by atoms with Crippen LogP contribution in [0.2, 0.25) is 0 Å². The Bertz CT molecular complexity index is 1120. The van der Waals surface area contributed by atoms with Crippen LogP contribution in [-0.2, 0) is 10.2 Å². The minimum Gasteiger partial charge on any atom is -0.484 e. The van der Waals surface area contributed by atoms with Crippen molar-refractivity contribution in [3.8, 4) is 5.75 Å². The molecule has 5 nitrogen and oxygen atoms in total. The highest BCUT2D eigenvalue weighted by atomic mass is 19.4. The van der Waals surface area contributed by atoms with Crippen molar-refractivity contribution in [2.24, 2.45) is 10.5 Å². The van der Waals surface area contributed by atoms with Gasteiger partial charge in [-0.25, -0.2) is 0 Å². The van der Waals surface area contributed by atoms with Crippen molar-refractivity contribution in [3.63, 3.8) is 0 Å². The molecule has 1 aliphatic rings. The van der Waals surface area contributed by atoms with Crippen LogP contribution in [-0.4, -0.2) is 46.2 Å². The van der Waals surface area contributed by atoms with Gasteiger partial charge in [0.05, 0.1) is 0 Å². The summed E-state index contributed by atoms with van der Waals surface area (Å²) in [7, 11) is 0. The summed E-state index contributed by atoms with van der Waals surface area (Å²) in [6.45, 7) is 7.60. The lowest BCUT2D eigenvalue weighted by atomic mass is 9.78. The number of amides is 1. The maximum Gasteiger partial charge on any atom is 0.459 e. The van der Waals surface area contributed by atoms with Gasteiger partial charge in [-0.2, -0.15) is 32.1 Å². The monoisotopic (exact) mass is 512 g/mol. The smallest absolute Gasteiger partial charge is 0.459 e. The molecule has 0 saturated heterocycles. The first kappa shape index (κ1) is 27.6. The zero-order valence-corrected chi connectivity index (χ0v) is 20.7. The van der Waals surface area contributed by atoms with Gasteiger partial charge >= 0.3 is 12.1 Å². The molecule has 1 heterocycles. The van der Waals surface area contributed by atoms with Crippen LogP contribution < -0.4 is 4.74 Å². The lowest BCUT2D eigenvalue weighted by Gasteiger charge is -2.41. The molecule has 36 heavy (non-hydrogen) atoms. The van der Waals surface area contributed by atoms with Crippen LogP contribution in [0.3, 0.4) is 0 Å². The van der Waals surface area contributed by atoms with E-state index in [-0.39, 0.29) is 16.2 Å². The predicted molar refractivity (Wildman–Crippen MR) is 125 cm³/mol. The van der Waals surface area contributed by atoms with Crippen molar-refractivity contribution in [2.45, 2.75) is 64.3 Å². The Labute approximate surface area is 206 Å². The fraction of sp³-hybridized carbons (Fsp3) is 0.462. The number of carbonyl (C=O) groups excluding carboxylic acids is 1. The van der Waals surface area contributed by atoms with E-state index in [1.165, 1.54) is 20.8 Å². The Hall–Kier alpha value is -3.01. The summed E-state index contributed by atoms with van der Waals surface area (Å²) in [6, 6.07) is 16.7. The number of halogens is 5. The molecule has 0 spiro atoms. The first-order valence-electron chi connectivity index (χ1n) is 11.3. The molecule has 196 valence electrons. The van der Waals surface area contributed by atoms with Crippen molar-refractivity contribution >= 4 is 11.6 Å². The first-order valence-corrected chi connectivity index (χ1v) is 11.3. The zero-order valence-electron chi connectivity index (χ0n) is 20.7. The second-order valence-electron chi connectivity index (χ2n) is 10.4. The van der Waals surface area contributed by atoms with E-state index in [4.69, 9.17) is 4.74 Å². The minimum atomic E-state index is -5.92. The number of carbonyl (C=O) groups is 1. The van der Waals surface area contributed by atoms with Gasteiger partial charge in [-0.05, 0) is 23.3 Å². The summed E-state index contributed by atoms with van der Waals surface area (Å²) in [5.74, 6) is -6.09. The van der Waals surface area contributed by atoms with Gasteiger partial charge in [-0.3, -0.25) is 4.79 Å². The number of benzene rings is 2. The third kappa shape index (κ3) is 4.96. The van der Waals surface area contributed by atoms with Crippen molar-refractivity contribution in [2.75, 3.05) is 6.61 Å². The van der Waals surface area contributed by atoms with Crippen LogP contribution in [0.4, 0.5) is 22.0 Å². The first-order chi connectivity index (χ1) is 16.4. The van der Waals surface area contributed by atoms with Gasteiger partial charge in [-0.15, -0.1) is 0 Å². The highest BCUT2D eigenvalue weighted by molar-refractivity contribution is 5.96. The minimum absolute atomic E-state index is 0.277. The zero-order chi connectivity index (χ0) is 27.2. The van der Waals surface area contributed by atoms with Gasteiger partial charge in [-0.1, -0.05) is 77.1 Å². The number of hydrogen-bond acceptors (Lipinski definition) is 4. The summed E-state index contributed by atoms with van der Waals surface area (Å²) >= 11 is 0. The predicted octanol–water partition coefficient (Wildman–Crippen LogP) is 5.91. The molecule has 2 aromatic carbocycles. The van der Waals surface area contributed by atoms with Crippen LogP contribution in [0.5, 0.6) is 5.75 Å². The molecule has 1 amide bonds. The van der Waals surface area contributed by atoms with Crippen molar-refractivity contribution in [3.05, 3.63) is 65.7 Å². The molecule has 1 atom stereocenters. The molecule has 0 radical (unpaired) electrons. The second kappa shape index (κ2) is 9.14. The Morgan fingerprint density at radius 2 is 1.47 bits per heavy atom. The molecule has 0 bridgehead atoms. The fourth-order valence-electron chi connectivity index (χ4n) is 3.93. The lowest BCUT2D eigenvalue weighted by molar-refractivity contribution is -0.250. The standard InChI is InChI=1S/C26H29F5N2O3/c1-22(2,3)24(35)15-20(25(27,28)26(29,30)31)32-33(24)21(34)16-36-19-13-11-18(12-14-19)23(4,5)17-9-7-6-8-10-17/h6-14,35H,15-16H2,1-5H3/t24-/m0/s1. The average molecular weight is 513 g/mol. The number of nitrogens with zero attached hydrogens (tertiary/aromatic N) is 2. The highest BCUT2D eigenvalue weighted by Gasteiger charge is 2.66. The summed E-state index contributed by atoms with van der Waals surface area (Å²) in [6.07, 6.45) is -7.08. The quantitative estimate of drug-likeness (QED) is 0.490. The summed E-state index contributed by atoms with van der Waals surface area (Å²) in [5.41, 5.74) is -3.58. The molecular formula is C26H29F5N2O3. The van der Waals surface area contributed by atoms with Gasteiger partial charge in [0.15, 0.2) is 12.3 Å². The fourth-order valence-corrected chi connectivity index (χ4v) is 3.93. The molecule has 0 aromatic heterocycles. The molecule has 1 N–H and O–H groups in total. The third-order valence-electron chi connectivity index (χ3n) is 6.57. The largest absolute Gasteiger partial charge is 0.484 e. The molecule has 0 unspecified atom stereocenters. The Morgan fingerprint density at radius 1 is 0.944 bits per heavy atom. The lowest BCUT2D eigenvalue weighted by Crippen LogP contribution is -2.56. The van der Waals surface area contributed by atoms with E-state index < -0.39 is 47.9 Å². The number of hydrogen-bond donors (Lipinski definition) is 1. The second-order valence-corrected chi connectivity index (χ2v) is 10.4. The maximum atomic E-state index is 14.0. The SMILES string of the molecule is CC(C)(c1ccccc1)c1ccc(OCC(=O)N2N=C(C(F)(F)C(F)(F)F)C[C@]2(O)C(C)(C)C)cc1. The maximum absolute atomic E-state index is 14.0. The molecule has 0 saturated carbocycles. The molecular weight excluding hydrogens is 483 g/mol. The van der Waals surface area contributed by atoms with Crippen molar-refractivity contribution in [1.29, 1.82) is 0 Å². The Balaban J connectivity index is 1.79. The van der Waals surface area contributed by atoms with E-state index in [0.717, 1.165) is 11.1 Å². The van der Waals surface area contributed by atoms with E-state index >= 15 is 0 Å². The highest BCUT2D eigenvalue weighted by Crippen LogP contribution is 2.47. The Kier molecular flexibility index (Phi) is 7.00. The normalized spacial score (nSPS) is 19.3. The molecule has 10 heteroatoms. The van der Waals surface area contributed by atoms with Crippen LogP contribution in [0.15, 0.2) is 59.7 Å². The number of rotatable bonds is 6. The molecule has 1 aliphatic heterocycles. The number of ether oxygens (including phenoxy) is 1. The van der Waals surface area contributed by atoms with Crippen LogP contribution in [0, 0.1) is 5.41 Å². The molecule has 3 rings (SSSR count). The molecule has 2 aromatic rings. The van der Waals surface area contributed by atoms with Gasteiger partial charge in [0, 0.05) is 17.3 Å². The van der Waals surface area contributed by atoms with Gasteiger partial charge < -0.3 is 9.84 Å². The molecule has 0 fully saturated rings. The van der Waals surface area contributed by atoms with Crippen LogP contribution in [0.25, 0.3) is 0 Å². The number of alkyl halides is 5. The van der Waals surface area contributed by atoms with E-state index in [1.807, 2.05) is 42.5 Å². The van der Waals surface area contributed by atoms with E-state index in [9.17, 15) is 31.9 Å². The van der Waals surface area contributed by atoms with Gasteiger partial charge in [0.25, 0.3) is 5.91 Å². The van der Waals surface area contributed by atoms with E-state index in [2.05, 4.69) is 18.9 Å². The number of aliphatic hydroxyl groups is 1. The van der Waals surface area contributed by atoms with E-state index in [1.54, 1.807) is 12.1 Å². The average Bonchev–Trinajstić information content (AvgIpc) is 3.17. The van der Waals surface area contributed by atoms with Crippen molar-refractivity contribution < 1.29 is 36.6 Å². The summed E-state index contributed by atoms with van der Waals surface area (Å²) in [4.78, 5) is 12.8. The summed E-state index contributed by atoms with van der Waals surface area (Å²) < 4.78 is 72.2. The van der Waals surface area contributed by atoms with Crippen LogP contribution in [0.1, 0.15) is 52.2 Å². The summed E-state index contributed by atoms with van der Waals surface area (Å²) in [5, 5.41) is 14.5. The topological polar surface area (TPSA) is 62.1 Å². The van der Waals surface area contributed by atoms with Gasteiger partial charge in [0.2, 0.25) is 0 Å². The third-order valence-corrected chi connectivity index (χ3v) is 6.57. The van der Waals surface area contributed by atoms with Crippen LogP contribution >= 0.6 is 0 Å². The number of hydrazone groups is 1.